The quantitative estimate of drug-likeness (QED) is 0.633. The molecule has 1 saturated heterocycles. The van der Waals surface area contributed by atoms with Crippen molar-refractivity contribution in [1.29, 1.82) is 0 Å². The lowest BCUT2D eigenvalue weighted by Gasteiger charge is -2.18. The summed E-state index contributed by atoms with van der Waals surface area (Å²) in [5, 5.41) is 0. The van der Waals surface area contributed by atoms with Crippen LogP contribution >= 0.6 is 0 Å². The molecule has 160 valence electrons. The zero-order valence-electron chi connectivity index (χ0n) is 17.4. The van der Waals surface area contributed by atoms with E-state index in [0.29, 0.717) is 23.7 Å². The Hall–Kier alpha value is -2.97. The van der Waals surface area contributed by atoms with E-state index in [9.17, 15) is 14.4 Å². The zero-order valence-corrected chi connectivity index (χ0v) is 17.4. The molecule has 1 heterocycles. The second-order valence-corrected chi connectivity index (χ2v) is 7.02. The van der Waals surface area contributed by atoms with Crippen LogP contribution in [0.4, 0.5) is 0 Å². The predicted molar refractivity (Wildman–Crippen MR) is 106 cm³/mol. The van der Waals surface area contributed by atoms with Gasteiger partial charge >= 0.3 is 0 Å². The van der Waals surface area contributed by atoms with Crippen LogP contribution in [0.25, 0.3) is 0 Å². The van der Waals surface area contributed by atoms with Crippen molar-refractivity contribution in [1.82, 2.24) is 15.8 Å². The summed E-state index contributed by atoms with van der Waals surface area (Å²) in [7, 11) is 4.37. The van der Waals surface area contributed by atoms with Gasteiger partial charge in [-0.1, -0.05) is 6.92 Å². The number of hydrogen-bond acceptors (Lipinski definition) is 6. The summed E-state index contributed by atoms with van der Waals surface area (Å²) in [6.45, 7) is 3.43. The van der Waals surface area contributed by atoms with Gasteiger partial charge in [0.05, 0.1) is 21.3 Å². The molecule has 0 bridgehead atoms. The first-order chi connectivity index (χ1) is 13.9. The maximum Gasteiger partial charge on any atom is 0.269 e. The Morgan fingerprint density at radius 2 is 1.55 bits per heavy atom. The molecule has 1 aliphatic heterocycles. The van der Waals surface area contributed by atoms with Gasteiger partial charge in [-0.15, -0.1) is 0 Å². The lowest BCUT2D eigenvalue weighted by Crippen LogP contribution is -2.42. The number of benzene rings is 1. The number of rotatable bonds is 8. The maximum atomic E-state index is 12.4. The van der Waals surface area contributed by atoms with Crippen molar-refractivity contribution in [3.8, 4) is 17.2 Å². The van der Waals surface area contributed by atoms with Crippen LogP contribution in [-0.2, 0) is 9.59 Å². The molecule has 29 heavy (non-hydrogen) atoms. The van der Waals surface area contributed by atoms with Gasteiger partial charge in [0.15, 0.2) is 11.5 Å². The number of amides is 3. The van der Waals surface area contributed by atoms with Crippen molar-refractivity contribution in [2.24, 2.45) is 5.92 Å². The van der Waals surface area contributed by atoms with E-state index in [1.807, 2.05) is 11.8 Å². The van der Waals surface area contributed by atoms with Gasteiger partial charge in [-0.3, -0.25) is 25.2 Å². The number of likely N-dealkylation sites (tertiary alicyclic amines) is 1. The van der Waals surface area contributed by atoms with E-state index < -0.39 is 5.91 Å². The third-order valence-corrected chi connectivity index (χ3v) is 4.76. The van der Waals surface area contributed by atoms with Gasteiger partial charge in [-0.05, 0) is 30.9 Å². The van der Waals surface area contributed by atoms with Crippen molar-refractivity contribution in [3.63, 3.8) is 0 Å². The summed E-state index contributed by atoms with van der Waals surface area (Å²) >= 11 is 0. The summed E-state index contributed by atoms with van der Waals surface area (Å²) < 4.78 is 15.7. The zero-order chi connectivity index (χ0) is 21.4. The topological polar surface area (TPSA) is 106 Å². The average Bonchev–Trinajstić information content (AvgIpc) is 3.25. The highest BCUT2D eigenvalue weighted by Gasteiger charge is 2.22. The largest absolute Gasteiger partial charge is 0.493 e. The summed E-state index contributed by atoms with van der Waals surface area (Å²) in [6, 6.07) is 2.97. The smallest absolute Gasteiger partial charge is 0.269 e. The van der Waals surface area contributed by atoms with Crippen LogP contribution < -0.4 is 25.1 Å². The van der Waals surface area contributed by atoms with Gasteiger partial charge < -0.3 is 19.1 Å². The Morgan fingerprint density at radius 3 is 2.07 bits per heavy atom. The molecule has 1 fully saturated rings. The molecule has 0 saturated carbocycles. The Labute approximate surface area is 170 Å². The Morgan fingerprint density at radius 1 is 0.966 bits per heavy atom. The molecule has 2 rings (SSSR count). The lowest BCUT2D eigenvalue weighted by molar-refractivity contribution is -0.131. The second-order valence-electron chi connectivity index (χ2n) is 7.02. The third kappa shape index (κ3) is 6.00. The Kier molecular flexibility index (Phi) is 8.11. The van der Waals surface area contributed by atoms with E-state index in [4.69, 9.17) is 14.2 Å². The van der Waals surface area contributed by atoms with Crippen molar-refractivity contribution < 1.29 is 28.6 Å². The number of nitrogens with zero attached hydrogens (tertiary/aromatic N) is 1. The highest BCUT2D eigenvalue weighted by molar-refractivity contribution is 5.96. The molecule has 1 aromatic rings. The van der Waals surface area contributed by atoms with Crippen LogP contribution in [0.5, 0.6) is 17.2 Å². The number of hydrogen-bond donors (Lipinski definition) is 2. The van der Waals surface area contributed by atoms with Gasteiger partial charge in [0.2, 0.25) is 17.6 Å². The predicted octanol–water partition coefficient (Wildman–Crippen LogP) is 1.51. The van der Waals surface area contributed by atoms with Crippen molar-refractivity contribution in [2.45, 2.75) is 32.6 Å². The van der Waals surface area contributed by atoms with E-state index in [1.54, 1.807) is 0 Å². The number of nitrogens with one attached hydrogen (secondary N) is 2. The third-order valence-electron chi connectivity index (χ3n) is 4.76. The molecule has 2 N–H and O–H groups in total. The van der Waals surface area contributed by atoms with Gasteiger partial charge in [0.25, 0.3) is 5.91 Å². The molecule has 1 atom stereocenters. The lowest BCUT2D eigenvalue weighted by atomic mass is 10.0. The van der Waals surface area contributed by atoms with Crippen LogP contribution in [-0.4, -0.2) is 57.0 Å². The van der Waals surface area contributed by atoms with E-state index in [0.717, 1.165) is 25.9 Å². The molecule has 9 nitrogen and oxygen atoms in total. The minimum absolute atomic E-state index is 0.0734. The maximum absolute atomic E-state index is 12.4. The molecule has 0 aliphatic carbocycles. The minimum Gasteiger partial charge on any atom is -0.493 e. The molecule has 0 radical (unpaired) electrons. The van der Waals surface area contributed by atoms with Crippen LogP contribution in [0.3, 0.4) is 0 Å². The van der Waals surface area contributed by atoms with E-state index in [-0.39, 0.29) is 29.7 Å². The molecular weight excluding hydrogens is 378 g/mol. The van der Waals surface area contributed by atoms with E-state index in [1.165, 1.54) is 33.5 Å². The summed E-state index contributed by atoms with van der Waals surface area (Å²) in [5.41, 5.74) is 4.98. The van der Waals surface area contributed by atoms with Crippen molar-refractivity contribution in [3.05, 3.63) is 17.7 Å². The van der Waals surface area contributed by atoms with Crippen LogP contribution in [0.15, 0.2) is 12.1 Å². The minimum atomic E-state index is -0.529. The summed E-state index contributed by atoms with van der Waals surface area (Å²) in [6.07, 6.45) is 2.52. The molecule has 9 heteroatoms. The summed E-state index contributed by atoms with van der Waals surface area (Å²) in [4.78, 5) is 38.5. The Balaban J connectivity index is 1.87. The average molecular weight is 407 g/mol. The van der Waals surface area contributed by atoms with E-state index >= 15 is 0 Å². The van der Waals surface area contributed by atoms with Gasteiger partial charge in [0, 0.05) is 31.5 Å². The SMILES string of the molecule is COc1cc(C(=O)NNC(=O)CC(C)CC(=O)N2CCCC2)cc(OC)c1OC. The van der Waals surface area contributed by atoms with Gasteiger partial charge in [0.1, 0.15) is 0 Å². The molecule has 1 aromatic carbocycles. The van der Waals surface area contributed by atoms with Crippen LogP contribution in [0.1, 0.15) is 43.0 Å². The molecule has 1 aliphatic rings. The molecular formula is C20H29N3O6. The first kappa shape index (κ1) is 22.3. The summed E-state index contributed by atoms with van der Waals surface area (Å²) in [5.74, 6) is 0.0816. The molecule has 0 spiro atoms. The first-order valence-electron chi connectivity index (χ1n) is 9.56. The highest BCUT2D eigenvalue weighted by atomic mass is 16.5. The van der Waals surface area contributed by atoms with Crippen molar-refractivity contribution in [2.75, 3.05) is 34.4 Å². The monoisotopic (exact) mass is 407 g/mol. The number of hydrazine groups is 1. The molecule has 0 aromatic heterocycles. The molecule has 3 amide bonds. The highest BCUT2D eigenvalue weighted by Crippen LogP contribution is 2.38. The molecule has 1 unspecified atom stereocenters. The van der Waals surface area contributed by atoms with E-state index in [2.05, 4.69) is 10.9 Å². The fourth-order valence-electron chi connectivity index (χ4n) is 3.24. The van der Waals surface area contributed by atoms with Gasteiger partial charge in [-0.25, -0.2) is 0 Å². The van der Waals surface area contributed by atoms with Crippen molar-refractivity contribution >= 4 is 17.7 Å². The standard InChI is InChI=1S/C20H29N3O6/c1-13(10-18(25)23-7-5-6-8-23)9-17(24)21-22-20(26)14-11-15(27-2)19(29-4)16(12-14)28-3/h11-13H,5-10H2,1-4H3,(H,21,24)(H,22,26). The fourth-order valence-corrected chi connectivity index (χ4v) is 3.24. The number of carbonyl (C=O) groups excluding carboxylic acids is 3. The fraction of sp³-hybridized carbons (Fsp3) is 0.550. The number of methoxy groups -OCH3 is 3. The van der Waals surface area contributed by atoms with Crippen LogP contribution in [0, 0.1) is 5.92 Å². The van der Waals surface area contributed by atoms with Crippen LogP contribution in [0.2, 0.25) is 0 Å². The van der Waals surface area contributed by atoms with Gasteiger partial charge in [-0.2, -0.15) is 0 Å². The second kappa shape index (κ2) is 10.5. The number of ether oxygens (including phenoxy) is 3. The normalized spacial score (nSPS) is 14.1. The Bertz CT molecular complexity index is 721. The first-order valence-corrected chi connectivity index (χ1v) is 9.56. The number of carbonyl (C=O) groups is 3.